The van der Waals surface area contributed by atoms with E-state index in [0.29, 0.717) is 0 Å². The zero-order valence-electron chi connectivity index (χ0n) is 1.17. The van der Waals surface area contributed by atoms with Crippen molar-refractivity contribution in [3.63, 3.8) is 0 Å². The Morgan fingerprint density at radius 1 is 1.00 bits per heavy atom. The molecular weight excluding hydrogens is 364 g/mol. The maximum atomic E-state index is 0. The van der Waals surface area contributed by atoms with Crippen molar-refractivity contribution in [3.8, 4) is 0 Å². The van der Waals surface area contributed by atoms with Crippen LogP contribution < -0.4 is 0 Å². The SMILES string of the molecule is [Fe].[Mo].[SiH4].[W]. The van der Waals surface area contributed by atoms with Gasteiger partial charge in [0.15, 0.2) is 0 Å². The van der Waals surface area contributed by atoms with Gasteiger partial charge in [0.1, 0.15) is 0 Å². The Bertz CT molecular complexity index is 8.00. The molecule has 0 bridgehead atoms. The molecular formula is H4FeMoSiW. The quantitative estimate of drug-likeness (QED) is 0.459. The fourth-order valence-corrected chi connectivity index (χ4v) is 0. The summed E-state index contributed by atoms with van der Waals surface area (Å²) in [6.45, 7) is 0. The molecule has 0 spiro atoms. The van der Waals surface area contributed by atoms with E-state index in [1.165, 1.54) is 0 Å². The van der Waals surface area contributed by atoms with E-state index in [1.807, 2.05) is 0 Å². The van der Waals surface area contributed by atoms with E-state index in [2.05, 4.69) is 0 Å². The topological polar surface area (TPSA) is 0 Å². The van der Waals surface area contributed by atoms with E-state index in [1.54, 1.807) is 0 Å². The van der Waals surface area contributed by atoms with E-state index < -0.39 is 0 Å². The largest absolute Gasteiger partial charge is 0.0149 e. The summed E-state index contributed by atoms with van der Waals surface area (Å²) in [5, 5.41) is 0. The van der Waals surface area contributed by atoms with Crippen LogP contribution in [0.1, 0.15) is 0 Å². The van der Waals surface area contributed by atoms with E-state index in [9.17, 15) is 0 Å². The third kappa shape index (κ3) is 8.93. The number of hydrogen-bond acceptors (Lipinski definition) is 0. The summed E-state index contributed by atoms with van der Waals surface area (Å²) in [4.78, 5) is 0. The van der Waals surface area contributed by atoms with Gasteiger partial charge in [0.2, 0.25) is 0 Å². The third-order valence-corrected chi connectivity index (χ3v) is 0. The fraction of sp³-hybridized carbons (Fsp3) is 0. The molecule has 0 rings (SSSR count). The Morgan fingerprint density at radius 3 is 1.00 bits per heavy atom. The van der Waals surface area contributed by atoms with Crippen LogP contribution in [0.2, 0.25) is 0 Å². The van der Waals surface area contributed by atoms with E-state index >= 15 is 0 Å². The molecule has 0 aromatic carbocycles. The van der Waals surface area contributed by atoms with Crippen LogP contribution in [0.5, 0.6) is 0 Å². The summed E-state index contributed by atoms with van der Waals surface area (Å²) in [5.41, 5.74) is 0. The molecule has 0 N–H and O–H groups in total. The maximum absolute atomic E-state index is 0. The van der Waals surface area contributed by atoms with E-state index in [-0.39, 0.29) is 70.2 Å². The molecule has 0 aromatic rings. The van der Waals surface area contributed by atoms with Gasteiger partial charge < -0.3 is 0 Å². The molecule has 4 heavy (non-hydrogen) atoms. The zero-order valence-corrected chi connectivity index (χ0v) is 7.21. The molecule has 0 heterocycles. The van der Waals surface area contributed by atoms with Crippen LogP contribution in [0.3, 0.4) is 0 Å². The second-order valence-electron chi connectivity index (χ2n) is 0. The van der Waals surface area contributed by atoms with Crippen LogP contribution in [-0.4, -0.2) is 11.0 Å². The second kappa shape index (κ2) is 19.4. The molecule has 0 saturated carbocycles. The minimum atomic E-state index is 0. The maximum Gasteiger partial charge on any atom is 0 e. The molecule has 0 aliphatic heterocycles. The summed E-state index contributed by atoms with van der Waals surface area (Å²) in [7, 11) is 0. The van der Waals surface area contributed by atoms with Crippen LogP contribution >= 0.6 is 0 Å². The van der Waals surface area contributed by atoms with Gasteiger partial charge in [-0.2, -0.15) is 0 Å². The molecule has 0 fully saturated rings. The summed E-state index contributed by atoms with van der Waals surface area (Å²) in [6.07, 6.45) is 0. The van der Waals surface area contributed by atoms with Crippen molar-refractivity contribution < 1.29 is 59.2 Å². The van der Waals surface area contributed by atoms with Crippen LogP contribution in [0.15, 0.2) is 0 Å². The summed E-state index contributed by atoms with van der Waals surface area (Å²) in [6, 6.07) is 0. The van der Waals surface area contributed by atoms with Gasteiger partial charge in [0.05, 0.1) is 0 Å². The molecule has 0 amide bonds. The fourth-order valence-electron chi connectivity index (χ4n) is 0. The first-order chi connectivity index (χ1) is 0. The Labute approximate surface area is 69.5 Å². The molecule has 0 nitrogen and oxygen atoms in total. The second-order valence-corrected chi connectivity index (χ2v) is 0. The van der Waals surface area contributed by atoms with Gasteiger partial charge in [-0.1, -0.05) is 0 Å². The van der Waals surface area contributed by atoms with Crippen molar-refractivity contribution in [1.82, 2.24) is 0 Å². The van der Waals surface area contributed by atoms with Crippen molar-refractivity contribution >= 4 is 11.0 Å². The van der Waals surface area contributed by atoms with Crippen molar-refractivity contribution in [2.75, 3.05) is 0 Å². The smallest absolute Gasteiger partial charge is 0 e. The third-order valence-electron chi connectivity index (χ3n) is 0. The first-order valence-corrected chi connectivity index (χ1v) is 0. The van der Waals surface area contributed by atoms with Crippen LogP contribution in [0, 0.1) is 0 Å². The van der Waals surface area contributed by atoms with Crippen molar-refractivity contribution in [3.05, 3.63) is 0 Å². The molecule has 0 aromatic heterocycles. The van der Waals surface area contributed by atoms with Gasteiger partial charge in [-0.25, -0.2) is 0 Å². The Kier molecular flexibility index (Phi) is 173. The minimum absolute atomic E-state index is 0. The molecule has 0 atom stereocenters. The Hall–Kier alpha value is 2.11. The zero-order chi connectivity index (χ0) is 0. The number of rotatable bonds is 0. The van der Waals surface area contributed by atoms with Gasteiger partial charge in [-0.15, -0.1) is 0 Å². The molecule has 0 radical (unpaired) electrons. The predicted molar refractivity (Wildman–Crippen MR) is 11.3 cm³/mol. The van der Waals surface area contributed by atoms with Crippen LogP contribution in [-0.2, 0) is 59.2 Å². The van der Waals surface area contributed by atoms with Gasteiger partial charge in [-0.05, 0) is 11.0 Å². The summed E-state index contributed by atoms with van der Waals surface area (Å²) >= 11 is 0. The molecule has 0 aliphatic rings. The summed E-state index contributed by atoms with van der Waals surface area (Å²) in [5.74, 6) is 0. The van der Waals surface area contributed by atoms with Gasteiger partial charge in [-0.3, -0.25) is 0 Å². The average molecular weight is 368 g/mol. The normalized spacial score (nSPS) is 0. The molecule has 0 aliphatic carbocycles. The molecule has 0 unspecified atom stereocenters. The molecule has 28 valence electrons. The molecule has 4 heteroatoms. The average Bonchev–Trinajstić information content (AvgIpc) is 0. The minimum Gasteiger partial charge on any atom is -0.0149 e. The van der Waals surface area contributed by atoms with Crippen LogP contribution in [0.25, 0.3) is 0 Å². The summed E-state index contributed by atoms with van der Waals surface area (Å²) < 4.78 is 0. The number of hydrogen-bond donors (Lipinski definition) is 0. The first kappa shape index (κ1) is 35.8. The predicted octanol–water partition coefficient (Wildman–Crippen LogP) is -1.46. The monoisotopic (exact) mass is 370 g/mol. The van der Waals surface area contributed by atoms with Gasteiger partial charge in [0.25, 0.3) is 0 Å². The Balaban J connectivity index is 0. The molecule has 0 saturated heterocycles. The van der Waals surface area contributed by atoms with Crippen molar-refractivity contribution in [2.24, 2.45) is 0 Å². The Morgan fingerprint density at radius 2 is 1.00 bits per heavy atom. The van der Waals surface area contributed by atoms with Gasteiger partial charge >= 0.3 is 0 Å². The first-order valence-electron chi connectivity index (χ1n) is 0. The van der Waals surface area contributed by atoms with Crippen molar-refractivity contribution in [2.45, 2.75) is 0 Å². The van der Waals surface area contributed by atoms with Crippen molar-refractivity contribution in [1.29, 1.82) is 0 Å². The van der Waals surface area contributed by atoms with E-state index in [0.717, 1.165) is 0 Å². The van der Waals surface area contributed by atoms with E-state index in [4.69, 9.17) is 0 Å². The van der Waals surface area contributed by atoms with Crippen LogP contribution in [0.4, 0.5) is 0 Å². The van der Waals surface area contributed by atoms with Gasteiger partial charge in [0, 0.05) is 59.2 Å². The standard InChI is InChI=1S/Fe.Mo.H4Si.W/h;;1H4;.